The normalized spacial score (nSPS) is 14.7. The predicted octanol–water partition coefficient (Wildman–Crippen LogP) is 4.38. The largest absolute Gasteiger partial charge is 0.493 e. The number of rotatable bonds is 4. The number of hydrogen-bond acceptors (Lipinski definition) is 8. The lowest BCUT2D eigenvalue weighted by atomic mass is 10.1. The molecule has 0 aliphatic carbocycles. The van der Waals surface area contributed by atoms with Crippen molar-refractivity contribution >= 4 is 35.0 Å². The van der Waals surface area contributed by atoms with E-state index in [0.717, 1.165) is 0 Å². The van der Waals surface area contributed by atoms with Crippen molar-refractivity contribution in [3.05, 3.63) is 47.0 Å². The summed E-state index contributed by atoms with van der Waals surface area (Å²) in [7, 11) is 3.03. The van der Waals surface area contributed by atoms with Gasteiger partial charge in [0.2, 0.25) is 23.2 Å². The van der Waals surface area contributed by atoms with Gasteiger partial charge in [0.05, 0.1) is 25.5 Å². The second kappa shape index (κ2) is 8.60. The van der Waals surface area contributed by atoms with Crippen LogP contribution in [0.15, 0.2) is 41.6 Å². The summed E-state index contributed by atoms with van der Waals surface area (Å²) in [5.41, 5.74) is 2.23. The van der Waals surface area contributed by atoms with Crippen molar-refractivity contribution in [2.75, 3.05) is 25.4 Å². The summed E-state index contributed by atoms with van der Waals surface area (Å²) in [4.78, 5) is 18.9. The van der Waals surface area contributed by atoms with Crippen molar-refractivity contribution in [3.63, 3.8) is 0 Å². The number of para-hydroxylation sites is 1. The van der Waals surface area contributed by atoms with E-state index in [-0.39, 0.29) is 11.8 Å². The molecule has 1 unspecified atom stereocenters. The van der Waals surface area contributed by atoms with Gasteiger partial charge in [-0.2, -0.15) is 4.98 Å². The van der Waals surface area contributed by atoms with E-state index in [1.54, 1.807) is 12.1 Å². The van der Waals surface area contributed by atoms with E-state index in [0.29, 0.717) is 44.2 Å². The number of ether oxygens (including phenoxy) is 3. The number of hydrogen-bond donors (Lipinski definition) is 0. The average molecular weight is 459 g/mol. The van der Waals surface area contributed by atoms with Gasteiger partial charge in [-0.05, 0) is 18.4 Å². The lowest BCUT2D eigenvalue weighted by Crippen LogP contribution is -2.36. The third-order valence-electron chi connectivity index (χ3n) is 4.77. The number of carbonyl (C=O) groups is 1. The number of amides is 1. The molecule has 3 aromatic rings. The number of methoxy groups -OCH3 is 2. The first-order valence-corrected chi connectivity index (χ1v) is 10.8. The van der Waals surface area contributed by atoms with E-state index >= 15 is 0 Å². The Bertz CT molecular complexity index is 1160. The van der Waals surface area contributed by atoms with Crippen molar-refractivity contribution in [1.29, 1.82) is 0 Å². The molecule has 0 radical (unpaired) electrons. The molecule has 0 spiro atoms. The highest BCUT2D eigenvalue weighted by atomic mass is 35.5. The van der Waals surface area contributed by atoms with E-state index in [4.69, 9.17) is 25.8 Å². The summed E-state index contributed by atoms with van der Waals surface area (Å²) in [5.74, 6) is 0.822. The second-order valence-corrected chi connectivity index (χ2v) is 7.77. The molecule has 0 fully saturated rings. The SMILES string of the molecule is COc1cc(Cl)cc(C2Oc3nc(SC)nnc3-c3ccccc3N2C(C)=O)c1OC. The monoisotopic (exact) mass is 458 g/mol. The lowest BCUT2D eigenvalue weighted by molar-refractivity contribution is -0.118. The molecule has 1 aromatic heterocycles. The number of anilines is 1. The first-order chi connectivity index (χ1) is 15.0. The predicted molar refractivity (Wildman–Crippen MR) is 118 cm³/mol. The van der Waals surface area contributed by atoms with E-state index in [2.05, 4.69) is 15.2 Å². The van der Waals surface area contributed by atoms with Crippen LogP contribution in [0.1, 0.15) is 18.7 Å². The Hall–Kier alpha value is -3.04. The van der Waals surface area contributed by atoms with Crippen LogP contribution in [0.2, 0.25) is 5.02 Å². The topological polar surface area (TPSA) is 86.7 Å². The summed E-state index contributed by atoms with van der Waals surface area (Å²) in [6, 6.07) is 10.7. The highest BCUT2D eigenvalue weighted by Crippen LogP contribution is 2.47. The van der Waals surface area contributed by atoms with Gasteiger partial charge in [0.15, 0.2) is 17.2 Å². The summed E-state index contributed by atoms with van der Waals surface area (Å²) in [6.45, 7) is 1.46. The molecule has 8 nitrogen and oxygen atoms in total. The van der Waals surface area contributed by atoms with Crippen LogP contribution < -0.4 is 19.1 Å². The molecule has 2 aromatic carbocycles. The molecule has 0 saturated carbocycles. The Kier molecular flexibility index (Phi) is 5.88. The Morgan fingerprint density at radius 3 is 2.65 bits per heavy atom. The zero-order chi connectivity index (χ0) is 22.1. The van der Waals surface area contributed by atoms with Gasteiger partial charge in [-0.15, -0.1) is 10.2 Å². The molecule has 1 amide bonds. The average Bonchev–Trinajstić information content (AvgIpc) is 2.92. The van der Waals surface area contributed by atoms with Crippen LogP contribution in [0.5, 0.6) is 17.4 Å². The number of thioether (sulfide) groups is 1. The lowest BCUT2D eigenvalue weighted by Gasteiger charge is -2.31. The minimum Gasteiger partial charge on any atom is -0.493 e. The third kappa shape index (κ3) is 3.75. The molecule has 0 N–H and O–H groups in total. The molecule has 31 heavy (non-hydrogen) atoms. The van der Waals surface area contributed by atoms with Gasteiger partial charge in [-0.3, -0.25) is 9.69 Å². The van der Waals surface area contributed by atoms with E-state index in [9.17, 15) is 4.79 Å². The van der Waals surface area contributed by atoms with E-state index < -0.39 is 6.23 Å². The fourth-order valence-corrected chi connectivity index (χ4v) is 4.00. The number of benzene rings is 2. The number of carbonyl (C=O) groups excluding carboxylic acids is 1. The first kappa shape index (κ1) is 21.2. The van der Waals surface area contributed by atoms with Crippen molar-refractivity contribution < 1.29 is 19.0 Å². The highest BCUT2D eigenvalue weighted by molar-refractivity contribution is 7.98. The molecular weight excluding hydrogens is 440 g/mol. The molecule has 1 atom stereocenters. The van der Waals surface area contributed by atoms with Crippen LogP contribution in [0.25, 0.3) is 11.3 Å². The third-order valence-corrected chi connectivity index (χ3v) is 5.53. The number of fused-ring (bicyclic) bond motifs is 3. The van der Waals surface area contributed by atoms with Crippen LogP contribution in [-0.4, -0.2) is 41.6 Å². The van der Waals surface area contributed by atoms with Gasteiger partial charge in [0.1, 0.15) is 0 Å². The minimum absolute atomic E-state index is 0.246. The Labute approximate surface area is 188 Å². The maximum atomic E-state index is 12.9. The van der Waals surface area contributed by atoms with E-state index in [1.165, 1.54) is 37.8 Å². The minimum atomic E-state index is -0.936. The second-order valence-electron chi connectivity index (χ2n) is 6.56. The number of halogens is 1. The summed E-state index contributed by atoms with van der Waals surface area (Å²) >= 11 is 7.70. The van der Waals surface area contributed by atoms with Crippen LogP contribution in [0.4, 0.5) is 5.69 Å². The van der Waals surface area contributed by atoms with Crippen molar-refractivity contribution in [2.24, 2.45) is 0 Å². The molecule has 0 bridgehead atoms. The maximum Gasteiger partial charge on any atom is 0.247 e. The zero-order valence-corrected chi connectivity index (χ0v) is 18.8. The Morgan fingerprint density at radius 2 is 1.97 bits per heavy atom. The van der Waals surface area contributed by atoms with Crippen molar-refractivity contribution in [3.8, 4) is 28.6 Å². The summed E-state index contributed by atoms with van der Waals surface area (Å²) in [6.07, 6.45) is 0.909. The highest BCUT2D eigenvalue weighted by Gasteiger charge is 2.37. The van der Waals surface area contributed by atoms with Crippen LogP contribution >= 0.6 is 23.4 Å². The number of aromatic nitrogens is 3. The molecule has 1 aliphatic heterocycles. The standard InChI is InChI=1S/C21H19ClN4O4S/c1-11(27)26-15-8-6-5-7-13(15)17-19(23-21(31-4)25-24-17)30-20(26)14-9-12(22)10-16(28-2)18(14)29-3/h5-10,20H,1-4H3. The Balaban J connectivity index is 2.03. The molecule has 2 heterocycles. The maximum absolute atomic E-state index is 12.9. The zero-order valence-electron chi connectivity index (χ0n) is 17.2. The molecule has 4 rings (SSSR count). The molecule has 10 heteroatoms. The van der Waals surface area contributed by atoms with Gasteiger partial charge in [-0.25, -0.2) is 0 Å². The molecule has 0 saturated heterocycles. The fourth-order valence-electron chi connectivity index (χ4n) is 3.48. The van der Waals surface area contributed by atoms with Gasteiger partial charge >= 0.3 is 0 Å². The van der Waals surface area contributed by atoms with Crippen LogP contribution in [0.3, 0.4) is 0 Å². The molecule has 1 aliphatic rings. The van der Waals surface area contributed by atoms with Crippen LogP contribution in [-0.2, 0) is 4.79 Å². The number of nitrogens with zero attached hydrogens (tertiary/aromatic N) is 4. The first-order valence-electron chi connectivity index (χ1n) is 9.24. The quantitative estimate of drug-likeness (QED) is 0.532. The summed E-state index contributed by atoms with van der Waals surface area (Å²) in [5, 5.41) is 9.33. The molecule has 160 valence electrons. The van der Waals surface area contributed by atoms with Crippen molar-refractivity contribution in [1.82, 2.24) is 15.2 Å². The van der Waals surface area contributed by atoms with E-state index in [1.807, 2.05) is 30.5 Å². The van der Waals surface area contributed by atoms with Gasteiger partial charge in [-0.1, -0.05) is 41.6 Å². The summed E-state index contributed by atoms with van der Waals surface area (Å²) < 4.78 is 17.4. The van der Waals surface area contributed by atoms with Crippen LogP contribution in [0, 0.1) is 0 Å². The van der Waals surface area contributed by atoms with Gasteiger partial charge in [0.25, 0.3) is 0 Å². The van der Waals surface area contributed by atoms with Crippen molar-refractivity contribution in [2.45, 2.75) is 18.3 Å². The van der Waals surface area contributed by atoms with Gasteiger partial charge < -0.3 is 14.2 Å². The Morgan fingerprint density at radius 1 is 1.19 bits per heavy atom. The fraction of sp³-hybridized carbons (Fsp3) is 0.238. The van der Waals surface area contributed by atoms with Gasteiger partial charge in [0, 0.05) is 23.6 Å². The smallest absolute Gasteiger partial charge is 0.247 e. The molecular formula is C21H19ClN4O4S.